The fourth-order valence-electron chi connectivity index (χ4n) is 3.65. The molecule has 4 atom stereocenters. The summed E-state index contributed by atoms with van der Waals surface area (Å²) >= 11 is 0. The van der Waals surface area contributed by atoms with Gasteiger partial charge in [0.2, 0.25) is 17.7 Å². The topological polar surface area (TPSA) is 187 Å². The molecule has 0 aliphatic heterocycles. The largest absolute Gasteiger partial charge is 0.480 e. The molecule has 0 aliphatic rings. The molecule has 2 rings (SSSR count). The van der Waals surface area contributed by atoms with Crippen LogP contribution >= 0.6 is 0 Å². The van der Waals surface area contributed by atoms with Crippen molar-refractivity contribution in [1.82, 2.24) is 20.9 Å². The summed E-state index contributed by atoms with van der Waals surface area (Å²) in [7, 11) is 0. The van der Waals surface area contributed by atoms with Crippen LogP contribution in [0.1, 0.15) is 33.3 Å². The lowest BCUT2D eigenvalue weighted by Gasteiger charge is -2.28. The Labute approximate surface area is 203 Å². The summed E-state index contributed by atoms with van der Waals surface area (Å²) in [4.78, 5) is 52.7. The smallest absolute Gasteiger partial charge is 0.328 e. The van der Waals surface area contributed by atoms with Gasteiger partial charge in [-0.2, -0.15) is 0 Å². The van der Waals surface area contributed by atoms with Gasteiger partial charge < -0.3 is 36.9 Å². The molecular weight excluding hydrogens is 454 g/mol. The van der Waals surface area contributed by atoms with Gasteiger partial charge in [-0.15, -0.1) is 0 Å². The molecule has 4 unspecified atom stereocenters. The van der Waals surface area contributed by atoms with Crippen LogP contribution in [0, 0.1) is 11.8 Å². The Morgan fingerprint density at radius 1 is 0.914 bits per heavy atom. The Balaban J connectivity index is 2.07. The van der Waals surface area contributed by atoms with E-state index in [2.05, 4.69) is 20.9 Å². The maximum Gasteiger partial charge on any atom is 0.328 e. The number of aromatic amines is 1. The molecule has 2 aromatic rings. The van der Waals surface area contributed by atoms with Gasteiger partial charge in [0.15, 0.2) is 0 Å². The number of carboxylic acid groups (broad SMARTS) is 1. The van der Waals surface area contributed by atoms with Crippen molar-refractivity contribution in [1.29, 1.82) is 0 Å². The number of aliphatic hydroxyl groups is 1. The Kier molecular flexibility index (Phi) is 9.78. The van der Waals surface area contributed by atoms with Crippen molar-refractivity contribution in [3.05, 3.63) is 36.0 Å². The third kappa shape index (κ3) is 7.27. The molecule has 0 saturated heterocycles. The molecule has 1 aromatic heterocycles. The highest BCUT2D eigenvalue weighted by Crippen LogP contribution is 2.19. The first kappa shape index (κ1) is 27.8. The lowest BCUT2D eigenvalue weighted by Crippen LogP contribution is -2.60. The normalized spacial score (nSPS) is 14.9. The summed E-state index contributed by atoms with van der Waals surface area (Å²) in [5.41, 5.74) is 7.95. The van der Waals surface area contributed by atoms with E-state index in [1.54, 1.807) is 33.9 Å². The van der Waals surface area contributed by atoms with Crippen LogP contribution in [-0.4, -0.2) is 69.7 Å². The van der Waals surface area contributed by atoms with Gasteiger partial charge in [-0.05, 0) is 29.9 Å². The number of para-hydroxylation sites is 1. The van der Waals surface area contributed by atoms with E-state index in [1.165, 1.54) is 0 Å². The number of hydrogen-bond donors (Lipinski definition) is 7. The van der Waals surface area contributed by atoms with Crippen LogP contribution in [0.5, 0.6) is 0 Å². The maximum atomic E-state index is 13.0. The minimum atomic E-state index is -1.50. The van der Waals surface area contributed by atoms with E-state index in [4.69, 9.17) is 15.9 Å². The van der Waals surface area contributed by atoms with E-state index in [-0.39, 0.29) is 18.3 Å². The Hall–Kier alpha value is -3.44. The summed E-state index contributed by atoms with van der Waals surface area (Å²) < 4.78 is 0. The molecule has 11 heteroatoms. The molecule has 35 heavy (non-hydrogen) atoms. The molecule has 0 radical (unpaired) electrons. The highest BCUT2D eigenvalue weighted by molar-refractivity contribution is 5.94. The van der Waals surface area contributed by atoms with Gasteiger partial charge in [0.25, 0.3) is 0 Å². The van der Waals surface area contributed by atoms with Gasteiger partial charge in [0, 0.05) is 17.1 Å². The molecule has 0 aliphatic carbocycles. The van der Waals surface area contributed by atoms with Crippen LogP contribution in [0.3, 0.4) is 0 Å². The molecule has 3 amide bonds. The van der Waals surface area contributed by atoms with E-state index in [0.717, 1.165) is 16.5 Å². The number of rotatable bonds is 12. The fraction of sp³-hybridized carbons (Fsp3) is 0.500. The third-order valence-electron chi connectivity index (χ3n) is 5.74. The zero-order valence-electron chi connectivity index (χ0n) is 20.4. The van der Waals surface area contributed by atoms with E-state index in [0.29, 0.717) is 0 Å². The SMILES string of the molecule is CC(C)C(NC(=O)C(N)Cc1c[nH]c2ccccc12)C(=O)NC(C(=O)NC(CO)C(=O)O)C(C)C. The Bertz CT molecular complexity index is 1050. The zero-order valence-corrected chi connectivity index (χ0v) is 20.4. The number of H-pyrrole nitrogens is 1. The maximum absolute atomic E-state index is 13.0. The number of fused-ring (bicyclic) bond motifs is 1. The van der Waals surface area contributed by atoms with Crippen LogP contribution in [-0.2, 0) is 25.6 Å². The van der Waals surface area contributed by atoms with Crippen molar-refractivity contribution < 1.29 is 29.4 Å². The minimum Gasteiger partial charge on any atom is -0.480 e. The predicted molar refractivity (Wildman–Crippen MR) is 130 cm³/mol. The number of carbonyl (C=O) groups is 4. The van der Waals surface area contributed by atoms with E-state index < -0.39 is 54.5 Å². The van der Waals surface area contributed by atoms with E-state index >= 15 is 0 Å². The standard InChI is InChI=1S/C24H35N5O6/c1-12(2)19(22(32)27-18(11-30)24(34)35)29-23(33)20(13(3)4)28-21(31)16(25)9-14-10-26-17-8-6-5-7-15(14)17/h5-8,10,12-13,16,18-20,26,30H,9,11,25H2,1-4H3,(H,27,32)(H,28,31)(H,29,33)(H,34,35). The van der Waals surface area contributed by atoms with Crippen molar-refractivity contribution in [3.8, 4) is 0 Å². The molecular formula is C24H35N5O6. The van der Waals surface area contributed by atoms with E-state index in [9.17, 15) is 19.2 Å². The zero-order chi connectivity index (χ0) is 26.3. The van der Waals surface area contributed by atoms with Crippen molar-refractivity contribution in [3.63, 3.8) is 0 Å². The van der Waals surface area contributed by atoms with Crippen LogP contribution in [0.4, 0.5) is 0 Å². The highest BCUT2D eigenvalue weighted by atomic mass is 16.4. The number of nitrogens with one attached hydrogen (secondary N) is 4. The van der Waals surface area contributed by atoms with Gasteiger partial charge in [0.05, 0.1) is 12.6 Å². The number of aliphatic carboxylic acids is 1. The van der Waals surface area contributed by atoms with Crippen LogP contribution in [0.2, 0.25) is 0 Å². The summed E-state index contributed by atoms with van der Waals surface area (Å²) in [5.74, 6) is -3.97. The van der Waals surface area contributed by atoms with Crippen LogP contribution < -0.4 is 21.7 Å². The van der Waals surface area contributed by atoms with Crippen molar-refractivity contribution in [2.24, 2.45) is 17.6 Å². The van der Waals surface area contributed by atoms with Gasteiger partial charge in [-0.3, -0.25) is 14.4 Å². The van der Waals surface area contributed by atoms with Crippen LogP contribution in [0.15, 0.2) is 30.5 Å². The Morgan fingerprint density at radius 2 is 1.46 bits per heavy atom. The second kappa shape index (κ2) is 12.3. The number of nitrogens with two attached hydrogens (primary N) is 1. The van der Waals surface area contributed by atoms with Crippen molar-refractivity contribution >= 4 is 34.6 Å². The molecule has 0 saturated carbocycles. The molecule has 8 N–H and O–H groups in total. The highest BCUT2D eigenvalue weighted by Gasteiger charge is 2.33. The number of aromatic nitrogens is 1. The third-order valence-corrected chi connectivity index (χ3v) is 5.74. The summed E-state index contributed by atoms with van der Waals surface area (Å²) in [6.45, 7) is 6.05. The molecule has 192 valence electrons. The fourth-order valence-corrected chi connectivity index (χ4v) is 3.65. The number of hydrogen-bond acceptors (Lipinski definition) is 6. The lowest BCUT2D eigenvalue weighted by molar-refractivity contribution is -0.143. The average molecular weight is 490 g/mol. The number of aliphatic hydroxyl groups excluding tert-OH is 1. The molecule has 0 spiro atoms. The molecule has 0 fully saturated rings. The first-order valence-corrected chi connectivity index (χ1v) is 11.5. The molecule has 0 bridgehead atoms. The van der Waals surface area contributed by atoms with Crippen LogP contribution in [0.25, 0.3) is 10.9 Å². The second-order valence-electron chi connectivity index (χ2n) is 9.21. The number of benzene rings is 1. The van der Waals surface area contributed by atoms with Gasteiger partial charge in [0.1, 0.15) is 18.1 Å². The van der Waals surface area contributed by atoms with Crippen molar-refractivity contribution in [2.45, 2.75) is 58.3 Å². The Morgan fingerprint density at radius 3 is 2.00 bits per heavy atom. The summed E-state index contributed by atoms with van der Waals surface area (Å²) in [5, 5.41) is 26.7. The molecule has 1 aromatic carbocycles. The lowest BCUT2D eigenvalue weighted by atomic mass is 9.98. The van der Waals surface area contributed by atoms with Gasteiger partial charge in [-0.1, -0.05) is 45.9 Å². The van der Waals surface area contributed by atoms with Crippen molar-refractivity contribution in [2.75, 3.05) is 6.61 Å². The first-order chi connectivity index (χ1) is 16.5. The number of carboxylic acids is 1. The first-order valence-electron chi connectivity index (χ1n) is 11.5. The summed E-state index contributed by atoms with van der Waals surface area (Å²) in [6, 6.07) is 3.19. The minimum absolute atomic E-state index is 0.261. The van der Waals surface area contributed by atoms with E-state index in [1.807, 2.05) is 24.3 Å². The average Bonchev–Trinajstić information content (AvgIpc) is 3.20. The van der Waals surface area contributed by atoms with Gasteiger partial charge in [-0.25, -0.2) is 4.79 Å². The second-order valence-corrected chi connectivity index (χ2v) is 9.21. The number of carbonyl (C=O) groups excluding carboxylic acids is 3. The number of amides is 3. The quantitative estimate of drug-likeness (QED) is 0.216. The molecule has 11 nitrogen and oxygen atoms in total. The molecule has 1 heterocycles. The van der Waals surface area contributed by atoms with Gasteiger partial charge >= 0.3 is 5.97 Å². The monoisotopic (exact) mass is 489 g/mol. The summed E-state index contributed by atoms with van der Waals surface area (Å²) in [6.07, 6.45) is 2.06. The predicted octanol–water partition coefficient (Wildman–Crippen LogP) is -0.119.